The van der Waals surface area contributed by atoms with Gasteiger partial charge < -0.3 is 14.4 Å². The summed E-state index contributed by atoms with van der Waals surface area (Å²) in [7, 11) is -0.941. The van der Waals surface area contributed by atoms with Gasteiger partial charge in [0.05, 0.1) is 17.7 Å². The van der Waals surface area contributed by atoms with Crippen LogP contribution in [0.15, 0.2) is 72.8 Å². The molecule has 1 heterocycles. The number of benzene rings is 3. The minimum Gasteiger partial charge on any atom is -0.457 e. The van der Waals surface area contributed by atoms with E-state index < -0.39 is 7.12 Å². The summed E-state index contributed by atoms with van der Waals surface area (Å²) in [6, 6.07) is 24.3. The molecule has 0 fully saturated rings. The molecule has 0 aliphatic carbocycles. The molecule has 1 atom stereocenters. The highest BCUT2D eigenvalue weighted by Crippen LogP contribution is 2.33. The van der Waals surface area contributed by atoms with Gasteiger partial charge in [0.25, 0.3) is 0 Å². The molecule has 0 spiro atoms. The Morgan fingerprint density at radius 2 is 1.68 bits per heavy atom. The zero-order valence-corrected chi connectivity index (χ0v) is 13.3. The fourth-order valence-corrected chi connectivity index (χ4v) is 2.96. The van der Waals surface area contributed by atoms with E-state index in [1.165, 1.54) is 0 Å². The molecule has 3 aromatic rings. The second-order valence-corrected chi connectivity index (χ2v) is 5.81. The zero-order valence-electron chi connectivity index (χ0n) is 13.3. The molecule has 4 rings (SSSR count). The molecule has 5 heteroatoms. The topological polar surface area (TPSA) is 62.5 Å². The van der Waals surface area contributed by atoms with Gasteiger partial charge in [-0.2, -0.15) is 5.26 Å². The van der Waals surface area contributed by atoms with Gasteiger partial charge in [-0.15, -0.1) is 0 Å². The van der Waals surface area contributed by atoms with E-state index in [9.17, 15) is 5.02 Å². The van der Waals surface area contributed by atoms with E-state index in [-0.39, 0.29) is 6.10 Å². The summed E-state index contributed by atoms with van der Waals surface area (Å²) in [5, 5.41) is 19.0. The molecule has 4 nitrogen and oxygen atoms in total. The van der Waals surface area contributed by atoms with E-state index in [0.29, 0.717) is 17.1 Å². The Bertz CT molecular complexity index is 935. The van der Waals surface area contributed by atoms with Crippen LogP contribution >= 0.6 is 0 Å². The molecule has 1 unspecified atom stereocenters. The number of ether oxygens (including phenoxy) is 1. The van der Waals surface area contributed by atoms with E-state index in [1.807, 2.05) is 42.5 Å². The standard InChI is InChI=1S/C20H14BNO3/c22-13-14-6-8-16(9-7-14)24-17-10-11-19-18(12-17)20(25-21(19)23)15-4-2-1-3-5-15/h1-12,20,23H. The number of fused-ring (bicyclic) bond motifs is 1. The average molecular weight is 327 g/mol. The zero-order chi connectivity index (χ0) is 17.2. The summed E-state index contributed by atoms with van der Waals surface area (Å²) < 4.78 is 11.6. The van der Waals surface area contributed by atoms with Crippen molar-refractivity contribution in [2.75, 3.05) is 0 Å². The molecular formula is C20H14BNO3. The van der Waals surface area contributed by atoms with Crippen molar-refractivity contribution in [1.82, 2.24) is 0 Å². The Morgan fingerprint density at radius 3 is 2.40 bits per heavy atom. The molecule has 1 aliphatic heterocycles. The van der Waals surface area contributed by atoms with Crippen molar-refractivity contribution in [2.45, 2.75) is 6.10 Å². The molecule has 1 aliphatic rings. The van der Waals surface area contributed by atoms with E-state index in [1.54, 1.807) is 30.3 Å². The highest BCUT2D eigenvalue weighted by molar-refractivity contribution is 6.61. The van der Waals surface area contributed by atoms with Crippen molar-refractivity contribution < 1.29 is 14.4 Å². The Hall–Kier alpha value is -3.07. The Balaban J connectivity index is 1.65. The minimum atomic E-state index is -0.941. The van der Waals surface area contributed by atoms with Gasteiger partial charge >= 0.3 is 7.12 Å². The molecule has 0 saturated heterocycles. The van der Waals surface area contributed by atoms with E-state index in [2.05, 4.69) is 6.07 Å². The summed E-state index contributed by atoms with van der Waals surface area (Å²) in [5.41, 5.74) is 3.21. The Labute approximate surface area is 146 Å². The van der Waals surface area contributed by atoms with Gasteiger partial charge in [0.1, 0.15) is 11.5 Å². The number of hydrogen-bond acceptors (Lipinski definition) is 4. The lowest BCUT2D eigenvalue weighted by atomic mass is 9.79. The Morgan fingerprint density at radius 1 is 0.960 bits per heavy atom. The molecule has 0 saturated carbocycles. The largest absolute Gasteiger partial charge is 0.492 e. The second kappa shape index (κ2) is 6.44. The van der Waals surface area contributed by atoms with Crippen molar-refractivity contribution >= 4 is 12.6 Å². The summed E-state index contributed by atoms with van der Waals surface area (Å²) in [6.45, 7) is 0. The lowest BCUT2D eigenvalue weighted by Crippen LogP contribution is -2.27. The normalized spacial score (nSPS) is 15.5. The van der Waals surface area contributed by atoms with Crippen molar-refractivity contribution in [2.24, 2.45) is 0 Å². The third-order valence-electron chi connectivity index (χ3n) is 4.19. The van der Waals surface area contributed by atoms with Crippen LogP contribution in [0.3, 0.4) is 0 Å². The van der Waals surface area contributed by atoms with Crippen LogP contribution in [0.5, 0.6) is 11.5 Å². The summed E-state index contributed by atoms with van der Waals surface area (Å²) in [6.07, 6.45) is -0.323. The smallest absolute Gasteiger partial charge is 0.457 e. The molecule has 25 heavy (non-hydrogen) atoms. The van der Waals surface area contributed by atoms with Crippen molar-refractivity contribution in [3.05, 3.63) is 89.5 Å². The van der Waals surface area contributed by atoms with Gasteiger partial charge in [-0.05, 0) is 53.0 Å². The first kappa shape index (κ1) is 15.5. The molecule has 0 bridgehead atoms. The SMILES string of the molecule is N#Cc1ccc(Oc2ccc3c(c2)C(c2ccccc2)OB3O)cc1. The van der Waals surface area contributed by atoms with Gasteiger partial charge in [-0.1, -0.05) is 36.4 Å². The van der Waals surface area contributed by atoms with E-state index in [4.69, 9.17) is 14.7 Å². The lowest BCUT2D eigenvalue weighted by Gasteiger charge is -2.14. The van der Waals surface area contributed by atoms with Crippen molar-refractivity contribution in [3.8, 4) is 17.6 Å². The maximum atomic E-state index is 10.2. The second-order valence-electron chi connectivity index (χ2n) is 5.81. The third-order valence-corrected chi connectivity index (χ3v) is 4.19. The highest BCUT2D eigenvalue weighted by Gasteiger charge is 2.36. The van der Waals surface area contributed by atoms with Crippen LogP contribution in [0.2, 0.25) is 0 Å². The fraction of sp³-hybridized carbons (Fsp3) is 0.0500. The Kier molecular flexibility index (Phi) is 3.98. The molecule has 0 radical (unpaired) electrons. The fourth-order valence-electron chi connectivity index (χ4n) is 2.96. The van der Waals surface area contributed by atoms with Crippen LogP contribution in [-0.4, -0.2) is 12.1 Å². The number of nitriles is 1. The van der Waals surface area contributed by atoms with Gasteiger partial charge in [0.15, 0.2) is 0 Å². The van der Waals surface area contributed by atoms with Crippen LogP contribution in [-0.2, 0) is 4.65 Å². The quantitative estimate of drug-likeness (QED) is 0.751. The molecule has 1 N–H and O–H groups in total. The maximum absolute atomic E-state index is 10.2. The van der Waals surface area contributed by atoms with Crippen LogP contribution in [0.25, 0.3) is 0 Å². The van der Waals surface area contributed by atoms with E-state index in [0.717, 1.165) is 16.6 Å². The first-order valence-corrected chi connectivity index (χ1v) is 7.95. The number of hydrogen-bond donors (Lipinski definition) is 1. The van der Waals surface area contributed by atoms with Gasteiger partial charge in [-0.25, -0.2) is 0 Å². The summed E-state index contributed by atoms with van der Waals surface area (Å²) in [4.78, 5) is 0. The molecule has 120 valence electrons. The van der Waals surface area contributed by atoms with Crippen LogP contribution < -0.4 is 10.2 Å². The average Bonchev–Trinajstić information content (AvgIpc) is 2.99. The maximum Gasteiger partial charge on any atom is 0.492 e. The van der Waals surface area contributed by atoms with Crippen LogP contribution in [0.1, 0.15) is 22.8 Å². The van der Waals surface area contributed by atoms with Crippen molar-refractivity contribution in [1.29, 1.82) is 5.26 Å². The molecule has 0 aromatic heterocycles. The summed E-state index contributed by atoms with van der Waals surface area (Å²) >= 11 is 0. The summed E-state index contributed by atoms with van der Waals surface area (Å²) in [5.74, 6) is 1.30. The first-order chi connectivity index (χ1) is 12.2. The molecular weight excluding hydrogens is 313 g/mol. The third kappa shape index (κ3) is 3.01. The van der Waals surface area contributed by atoms with E-state index >= 15 is 0 Å². The number of nitrogens with zero attached hydrogens (tertiary/aromatic N) is 1. The molecule has 0 amide bonds. The highest BCUT2D eigenvalue weighted by atomic mass is 16.5. The predicted octanol–water partition coefficient (Wildman–Crippen LogP) is 3.16. The molecule has 3 aromatic carbocycles. The number of rotatable bonds is 3. The lowest BCUT2D eigenvalue weighted by molar-refractivity contribution is 0.226. The van der Waals surface area contributed by atoms with Crippen LogP contribution in [0.4, 0.5) is 0 Å². The predicted molar refractivity (Wildman–Crippen MR) is 94.6 cm³/mol. The van der Waals surface area contributed by atoms with Gasteiger partial charge in [0.2, 0.25) is 0 Å². The van der Waals surface area contributed by atoms with Crippen molar-refractivity contribution in [3.63, 3.8) is 0 Å². The monoisotopic (exact) mass is 327 g/mol. The van der Waals surface area contributed by atoms with Gasteiger partial charge in [-0.3, -0.25) is 0 Å². The minimum absolute atomic E-state index is 0.323. The van der Waals surface area contributed by atoms with Crippen LogP contribution in [0, 0.1) is 11.3 Å². The van der Waals surface area contributed by atoms with Gasteiger partial charge in [0, 0.05) is 0 Å². The first-order valence-electron chi connectivity index (χ1n) is 7.95.